The fraction of sp³-hybridized carbons (Fsp3) is 0.417. The summed E-state index contributed by atoms with van der Waals surface area (Å²) < 4.78 is 16.8. The van der Waals surface area contributed by atoms with Crippen LogP contribution in [-0.2, 0) is 10.4 Å². The van der Waals surface area contributed by atoms with Crippen molar-refractivity contribution >= 4 is 22.9 Å². The van der Waals surface area contributed by atoms with Gasteiger partial charge in [-0.25, -0.2) is 9.37 Å². The van der Waals surface area contributed by atoms with E-state index in [0.717, 1.165) is 24.8 Å². The monoisotopic (exact) mass is 409 g/mol. The molecule has 0 unspecified atom stereocenters. The molecule has 1 aromatic heterocycles. The molecule has 5 nitrogen and oxygen atoms in total. The lowest BCUT2D eigenvalue weighted by atomic mass is 9.92. The van der Waals surface area contributed by atoms with Crippen LogP contribution in [0.25, 0.3) is 11.0 Å². The molecule has 1 amide bonds. The molecule has 1 atom stereocenters. The Morgan fingerprint density at radius 3 is 2.60 bits per heavy atom. The Morgan fingerprint density at radius 2 is 2.00 bits per heavy atom. The number of anilines is 1. The number of aliphatic hydroxyl groups is 1. The molecule has 158 valence electrons. The lowest BCUT2D eigenvalue weighted by molar-refractivity contribution is -0.116. The van der Waals surface area contributed by atoms with Gasteiger partial charge in [0.1, 0.15) is 5.52 Å². The van der Waals surface area contributed by atoms with Crippen LogP contribution in [0.15, 0.2) is 42.5 Å². The summed E-state index contributed by atoms with van der Waals surface area (Å²) in [6, 6.07) is 13.2. The molecule has 1 fully saturated rings. The molecule has 2 N–H and O–H groups in total. The molecular formula is C24H28FN3O2. The maximum atomic E-state index is 14.8. The molecular weight excluding hydrogens is 381 g/mol. The first-order valence-electron chi connectivity index (χ1n) is 10.5. The summed E-state index contributed by atoms with van der Waals surface area (Å²) in [4.78, 5) is 17.2. The second-order valence-corrected chi connectivity index (χ2v) is 8.84. The van der Waals surface area contributed by atoms with Gasteiger partial charge in [0.05, 0.1) is 11.1 Å². The third-order valence-electron chi connectivity index (χ3n) is 6.01. The summed E-state index contributed by atoms with van der Waals surface area (Å²) in [5.41, 5.74) is 1.26. The molecule has 4 rings (SSSR count). The zero-order valence-electron chi connectivity index (χ0n) is 17.7. The van der Waals surface area contributed by atoms with Gasteiger partial charge >= 0.3 is 0 Å². The number of imidazole rings is 1. The summed E-state index contributed by atoms with van der Waals surface area (Å²) in [7, 11) is 0. The maximum absolute atomic E-state index is 14.8. The lowest BCUT2D eigenvalue weighted by Gasteiger charge is -2.29. The van der Waals surface area contributed by atoms with Gasteiger partial charge in [-0.1, -0.05) is 37.3 Å². The average Bonchev–Trinajstić information content (AvgIpc) is 2.99. The molecule has 1 heterocycles. The van der Waals surface area contributed by atoms with E-state index >= 15 is 0 Å². The number of hydrogen-bond acceptors (Lipinski definition) is 3. The summed E-state index contributed by atoms with van der Waals surface area (Å²) in [6.07, 6.45) is 3.33. The Balaban J connectivity index is 1.66. The molecule has 1 aliphatic carbocycles. The average molecular weight is 410 g/mol. The first-order valence-corrected chi connectivity index (χ1v) is 10.5. The first kappa shape index (κ1) is 20.5. The second kappa shape index (κ2) is 7.84. The largest absolute Gasteiger partial charge is 0.386 e. The van der Waals surface area contributed by atoms with E-state index in [4.69, 9.17) is 0 Å². The van der Waals surface area contributed by atoms with Gasteiger partial charge in [-0.05, 0) is 62.3 Å². The summed E-state index contributed by atoms with van der Waals surface area (Å²) in [6.45, 7) is 5.27. The van der Waals surface area contributed by atoms with Crippen LogP contribution in [0.1, 0.15) is 69.5 Å². The summed E-state index contributed by atoms with van der Waals surface area (Å²) in [5, 5.41) is 13.3. The first-order chi connectivity index (χ1) is 14.2. The van der Waals surface area contributed by atoms with Gasteiger partial charge < -0.3 is 9.67 Å². The summed E-state index contributed by atoms with van der Waals surface area (Å²) in [5.74, 6) is -0.195. The second-order valence-electron chi connectivity index (χ2n) is 8.84. The number of carbonyl (C=O) groups is 1. The minimum Gasteiger partial charge on any atom is -0.386 e. The van der Waals surface area contributed by atoms with Crippen molar-refractivity contribution in [2.75, 3.05) is 5.32 Å². The van der Waals surface area contributed by atoms with Gasteiger partial charge in [0.15, 0.2) is 5.82 Å². The van der Waals surface area contributed by atoms with E-state index < -0.39 is 11.4 Å². The molecule has 6 heteroatoms. The molecule has 30 heavy (non-hydrogen) atoms. The number of hydrogen-bond donors (Lipinski definition) is 2. The van der Waals surface area contributed by atoms with Crippen LogP contribution in [0.4, 0.5) is 10.3 Å². The Morgan fingerprint density at radius 1 is 1.30 bits per heavy atom. The number of carbonyl (C=O) groups excluding carboxylic acids is 1. The zero-order valence-corrected chi connectivity index (χ0v) is 17.7. The predicted molar refractivity (Wildman–Crippen MR) is 116 cm³/mol. The predicted octanol–water partition coefficient (Wildman–Crippen LogP) is 5.26. The Kier molecular flexibility index (Phi) is 5.36. The van der Waals surface area contributed by atoms with Gasteiger partial charge in [-0.2, -0.15) is 0 Å². The number of halogens is 1. The Bertz CT molecular complexity index is 1070. The molecule has 0 radical (unpaired) electrons. The third kappa shape index (κ3) is 3.97. The van der Waals surface area contributed by atoms with Crippen molar-refractivity contribution in [3.63, 3.8) is 0 Å². The molecule has 0 aliphatic heterocycles. The molecule has 3 aromatic rings. The van der Waals surface area contributed by atoms with Crippen LogP contribution in [0.3, 0.4) is 0 Å². The highest BCUT2D eigenvalue weighted by atomic mass is 19.1. The van der Waals surface area contributed by atoms with Crippen molar-refractivity contribution in [3.8, 4) is 0 Å². The van der Waals surface area contributed by atoms with Crippen molar-refractivity contribution in [3.05, 3.63) is 59.4 Å². The third-order valence-corrected chi connectivity index (χ3v) is 6.01. The van der Waals surface area contributed by atoms with Crippen molar-refractivity contribution in [2.24, 2.45) is 0 Å². The highest BCUT2D eigenvalue weighted by Gasteiger charge is 2.28. The fourth-order valence-corrected chi connectivity index (χ4v) is 3.96. The van der Waals surface area contributed by atoms with Gasteiger partial charge in [-0.3, -0.25) is 10.1 Å². The number of amides is 1. The van der Waals surface area contributed by atoms with Crippen LogP contribution < -0.4 is 5.32 Å². The Labute approximate surface area is 175 Å². The van der Waals surface area contributed by atoms with Crippen molar-refractivity contribution in [1.29, 1.82) is 0 Å². The topological polar surface area (TPSA) is 67.2 Å². The van der Waals surface area contributed by atoms with Crippen LogP contribution in [0.5, 0.6) is 0 Å². The number of nitrogens with zero attached hydrogens (tertiary/aromatic N) is 2. The number of rotatable bonds is 6. The van der Waals surface area contributed by atoms with E-state index in [1.807, 2.05) is 41.8 Å². The van der Waals surface area contributed by atoms with Gasteiger partial charge in [-0.15, -0.1) is 0 Å². The van der Waals surface area contributed by atoms with E-state index in [1.165, 1.54) is 6.07 Å². The highest BCUT2D eigenvalue weighted by Crippen LogP contribution is 2.39. The molecule has 0 spiro atoms. The van der Waals surface area contributed by atoms with E-state index in [-0.39, 0.29) is 23.4 Å². The Hall–Kier alpha value is -2.73. The van der Waals surface area contributed by atoms with Crippen molar-refractivity contribution < 1.29 is 14.3 Å². The standard InChI is InChI=1S/C24H28FN3O2/c1-15(16-8-5-4-6-9-16)12-21(29)26-23-27-22-19(25)13-17(24(2,3)30)14-20(22)28(23)18-10-7-11-18/h4-6,8-9,13-15,18,30H,7,10-12H2,1-3H3,(H,26,27,29)/t15-/m1/s1. The van der Waals surface area contributed by atoms with E-state index in [9.17, 15) is 14.3 Å². The van der Waals surface area contributed by atoms with E-state index in [1.54, 1.807) is 19.9 Å². The van der Waals surface area contributed by atoms with Crippen LogP contribution in [0, 0.1) is 5.82 Å². The number of benzene rings is 2. The molecule has 0 saturated heterocycles. The van der Waals surface area contributed by atoms with E-state index in [0.29, 0.717) is 23.4 Å². The smallest absolute Gasteiger partial charge is 0.227 e. The van der Waals surface area contributed by atoms with Gasteiger partial charge in [0, 0.05) is 12.5 Å². The quantitative estimate of drug-likeness (QED) is 0.584. The van der Waals surface area contributed by atoms with Crippen molar-refractivity contribution in [2.45, 2.75) is 64.0 Å². The number of fused-ring (bicyclic) bond motifs is 1. The van der Waals surface area contributed by atoms with Crippen LogP contribution in [0.2, 0.25) is 0 Å². The maximum Gasteiger partial charge on any atom is 0.227 e. The summed E-state index contributed by atoms with van der Waals surface area (Å²) >= 11 is 0. The van der Waals surface area contributed by atoms with E-state index in [2.05, 4.69) is 10.3 Å². The number of aromatic nitrogens is 2. The lowest BCUT2D eigenvalue weighted by Crippen LogP contribution is -2.23. The highest BCUT2D eigenvalue weighted by molar-refractivity contribution is 5.92. The zero-order chi connectivity index (χ0) is 21.5. The minimum absolute atomic E-state index is 0.0613. The SMILES string of the molecule is C[C@H](CC(=O)Nc1nc2c(F)cc(C(C)(C)O)cc2n1C1CCC1)c1ccccc1. The minimum atomic E-state index is -1.17. The number of nitrogens with one attached hydrogen (secondary N) is 1. The van der Waals surface area contributed by atoms with Crippen LogP contribution >= 0.6 is 0 Å². The molecule has 1 saturated carbocycles. The normalized spacial score (nSPS) is 15.8. The van der Waals surface area contributed by atoms with Crippen molar-refractivity contribution in [1.82, 2.24) is 9.55 Å². The fourth-order valence-electron chi connectivity index (χ4n) is 3.96. The molecule has 1 aliphatic rings. The van der Waals surface area contributed by atoms with Gasteiger partial charge in [0.25, 0.3) is 0 Å². The molecule has 2 aromatic carbocycles. The molecule has 0 bridgehead atoms. The van der Waals surface area contributed by atoms with Crippen LogP contribution in [-0.4, -0.2) is 20.6 Å². The van der Waals surface area contributed by atoms with Gasteiger partial charge in [0.2, 0.25) is 11.9 Å².